The second-order valence-electron chi connectivity index (χ2n) is 9.94. The molecule has 1 aliphatic heterocycles. The zero-order valence-electron chi connectivity index (χ0n) is 19.4. The van der Waals surface area contributed by atoms with Crippen molar-refractivity contribution in [3.05, 3.63) is 54.1 Å². The summed E-state index contributed by atoms with van der Waals surface area (Å²) in [6, 6.07) is 15.6. The Bertz CT molecular complexity index is 1080. The highest BCUT2D eigenvalue weighted by Gasteiger charge is 2.47. The van der Waals surface area contributed by atoms with E-state index in [-0.39, 0.29) is 29.1 Å². The summed E-state index contributed by atoms with van der Waals surface area (Å²) < 4.78 is 0. The molecule has 0 spiro atoms. The van der Waals surface area contributed by atoms with Crippen LogP contribution in [-0.2, 0) is 9.59 Å². The van der Waals surface area contributed by atoms with Gasteiger partial charge in [0.15, 0.2) is 0 Å². The monoisotopic (exact) mass is 445 g/mol. The fourth-order valence-electron chi connectivity index (χ4n) is 4.51. The van der Waals surface area contributed by atoms with E-state index in [2.05, 4.69) is 0 Å². The summed E-state index contributed by atoms with van der Waals surface area (Å²) in [7, 11) is 1.83. The Morgan fingerprint density at radius 2 is 1.52 bits per heavy atom. The molecule has 2 aliphatic carbocycles. The number of benzene rings is 2. The van der Waals surface area contributed by atoms with E-state index in [4.69, 9.17) is 0 Å². The van der Waals surface area contributed by atoms with Crippen molar-refractivity contribution >= 4 is 23.4 Å². The molecule has 0 bridgehead atoms. The third-order valence-electron chi connectivity index (χ3n) is 7.33. The van der Waals surface area contributed by atoms with Crippen LogP contribution in [0.5, 0.6) is 0 Å². The third-order valence-corrected chi connectivity index (χ3v) is 7.33. The van der Waals surface area contributed by atoms with Crippen LogP contribution in [0.1, 0.15) is 43.0 Å². The van der Waals surface area contributed by atoms with E-state index in [9.17, 15) is 14.4 Å². The minimum atomic E-state index is -0.153. The van der Waals surface area contributed by atoms with Gasteiger partial charge in [0.2, 0.25) is 11.8 Å². The number of piperazine rings is 1. The summed E-state index contributed by atoms with van der Waals surface area (Å²) in [5.74, 6) is 0.613. The van der Waals surface area contributed by atoms with Gasteiger partial charge < -0.3 is 14.7 Å². The highest BCUT2D eigenvalue weighted by Crippen LogP contribution is 2.46. The predicted octanol–water partition coefficient (Wildman–Crippen LogP) is 3.81. The Balaban J connectivity index is 1.23. The minimum Gasteiger partial charge on any atom is -0.339 e. The molecule has 1 saturated heterocycles. The Hall–Kier alpha value is -3.15. The van der Waals surface area contributed by atoms with E-state index < -0.39 is 0 Å². The zero-order chi connectivity index (χ0) is 23.2. The molecular formula is C27H31N3O3. The molecule has 0 aromatic heterocycles. The molecule has 2 aromatic rings. The Kier molecular flexibility index (Phi) is 5.47. The van der Waals surface area contributed by atoms with E-state index in [0.29, 0.717) is 31.7 Å². The quantitative estimate of drug-likeness (QED) is 0.703. The number of carbonyl (C=O) groups excluding carboxylic acids is 3. The molecule has 1 heterocycles. The van der Waals surface area contributed by atoms with Crippen LogP contribution in [0.15, 0.2) is 48.5 Å². The fourth-order valence-corrected chi connectivity index (χ4v) is 4.51. The van der Waals surface area contributed by atoms with Gasteiger partial charge in [0, 0.05) is 55.8 Å². The third kappa shape index (κ3) is 4.39. The van der Waals surface area contributed by atoms with Gasteiger partial charge in [-0.05, 0) is 61.1 Å². The molecule has 3 aliphatic rings. The van der Waals surface area contributed by atoms with Gasteiger partial charge in [-0.15, -0.1) is 0 Å². The van der Waals surface area contributed by atoms with Gasteiger partial charge >= 0.3 is 0 Å². The summed E-state index contributed by atoms with van der Waals surface area (Å²) in [6.07, 6.45) is 3.94. The maximum atomic E-state index is 13.0. The average Bonchev–Trinajstić information content (AvgIpc) is 3.79. The van der Waals surface area contributed by atoms with Crippen molar-refractivity contribution in [1.29, 1.82) is 0 Å². The molecule has 2 aromatic carbocycles. The van der Waals surface area contributed by atoms with Gasteiger partial charge in [-0.2, -0.15) is 0 Å². The Morgan fingerprint density at radius 3 is 2.12 bits per heavy atom. The number of nitrogens with zero attached hydrogens (tertiary/aromatic N) is 3. The van der Waals surface area contributed by atoms with Gasteiger partial charge in [0.25, 0.3) is 5.91 Å². The van der Waals surface area contributed by atoms with Crippen LogP contribution in [0.4, 0.5) is 5.69 Å². The van der Waals surface area contributed by atoms with E-state index in [0.717, 1.165) is 42.5 Å². The standard InChI is InChI=1S/C27H31N3O3/c1-27(12-13-27)26(33)30-16-14-29(15-17-30)25(32)21-8-6-19(7-9-21)22-4-3-5-23(18-22)28(2)24(31)20-10-11-20/h3-9,18,20H,10-17H2,1-2H3. The molecule has 6 nitrogen and oxygen atoms in total. The summed E-state index contributed by atoms with van der Waals surface area (Å²) in [6.45, 7) is 4.40. The van der Waals surface area contributed by atoms with Gasteiger partial charge in [0.1, 0.15) is 0 Å². The molecule has 3 amide bonds. The number of hydrogen-bond acceptors (Lipinski definition) is 3. The number of amides is 3. The van der Waals surface area contributed by atoms with E-state index in [1.54, 1.807) is 4.90 Å². The van der Waals surface area contributed by atoms with Crippen molar-refractivity contribution in [2.24, 2.45) is 11.3 Å². The van der Waals surface area contributed by atoms with Crippen molar-refractivity contribution in [2.75, 3.05) is 38.1 Å². The van der Waals surface area contributed by atoms with Crippen LogP contribution in [0.3, 0.4) is 0 Å². The first-order valence-corrected chi connectivity index (χ1v) is 11.9. The maximum absolute atomic E-state index is 13.0. The Labute approximate surface area is 195 Å². The Morgan fingerprint density at radius 1 is 0.879 bits per heavy atom. The van der Waals surface area contributed by atoms with Crippen LogP contribution >= 0.6 is 0 Å². The first-order chi connectivity index (χ1) is 15.9. The second-order valence-corrected chi connectivity index (χ2v) is 9.94. The largest absolute Gasteiger partial charge is 0.339 e. The van der Waals surface area contributed by atoms with Gasteiger partial charge in [-0.25, -0.2) is 0 Å². The normalized spacial score (nSPS) is 19.2. The van der Waals surface area contributed by atoms with Crippen LogP contribution < -0.4 is 4.90 Å². The average molecular weight is 446 g/mol. The topological polar surface area (TPSA) is 60.9 Å². The van der Waals surface area contributed by atoms with Gasteiger partial charge in [-0.3, -0.25) is 14.4 Å². The van der Waals surface area contributed by atoms with Gasteiger partial charge in [0.05, 0.1) is 0 Å². The van der Waals surface area contributed by atoms with E-state index in [1.165, 1.54) is 0 Å². The lowest BCUT2D eigenvalue weighted by Crippen LogP contribution is -2.52. The van der Waals surface area contributed by atoms with Crippen molar-refractivity contribution in [2.45, 2.75) is 32.6 Å². The highest BCUT2D eigenvalue weighted by molar-refractivity contribution is 5.97. The first kappa shape index (κ1) is 21.7. The summed E-state index contributed by atoms with van der Waals surface area (Å²) in [5, 5.41) is 0. The predicted molar refractivity (Wildman–Crippen MR) is 128 cm³/mol. The zero-order valence-corrected chi connectivity index (χ0v) is 19.4. The lowest BCUT2D eigenvalue weighted by atomic mass is 10.0. The van der Waals surface area contributed by atoms with Crippen LogP contribution in [0.25, 0.3) is 11.1 Å². The summed E-state index contributed by atoms with van der Waals surface area (Å²) in [4.78, 5) is 43.4. The molecule has 5 rings (SSSR count). The van der Waals surface area contributed by atoms with E-state index >= 15 is 0 Å². The molecule has 172 valence electrons. The van der Waals surface area contributed by atoms with Crippen LogP contribution in [-0.4, -0.2) is 60.7 Å². The number of rotatable bonds is 5. The maximum Gasteiger partial charge on any atom is 0.253 e. The van der Waals surface area contributed by atoms with Crippen LogP contribution in [0, 0.1) is 11.3 Å². The molecule has 3 fully saturated rings. The minimum absolute atomic E-state index is 0.00907. The molecule has 33 heavy (non-hydrogen) atoms. The van der Waals surface area contributed by atoms with Gasteiger partial charge in [-0.1, -0.05) is 31.2 Å². The van der Waals surface area contributed by atoms with Crippen molar-refractivity contribution in [1.82, 2.24) is 9.80 Å². The molecule has 2 saturated carbocycles. The fraction of sp³-hybridized carbons (Fsp3) is 0.444. The highest BCUT2D eigenvalue weighted by atomic mass is 16.2. The number of carbonyl (C=O) groups is 3. The molecule has 0 unspecified atom stereocenters. The SMILES string of the molecule is CN(C(=O)C1CC1)c1cccc(-c2ccc(C(=O)N3CCN(C(=O)C4(C)CC4)CC3)cc2)c1. The first-order valence-electron chi connectivity index (χ1n) is 11.9. The summed E-state index contributed by atoms with van der Waals surface area (Å²) >= 11 is 0. The lowest BCUT2D eigenvalue weighted by molar-refractivity contribution is -0.137. The molecule has 0 radical (unpaired) electrons. The smallest absolute Gasteiger partial charge is 0.253 e. The molecular weight excluding hydrogens is 414 g/mol. The molecule has 0 atom stereocenters. The van der Waals surface area contributed by atoms with Crippen molar-refractivity contribution in [3.8, 4) is 11.1 Å². The molecule has 6 heteroatoms. The summed E-state index contributed by atoms with van der Waals surface area (Å²) in [5.41, 5.74) is 3.41. The number of hydrogen-bond donors (Lipinski definition) is 0. The molecule has 0 N–H and O–H groups in total. The van der Waals surface area contributed by atoms with Crippen molar-refractivity contribution in [3.63, 3.8) is 0 Å². The van der Waals surface area contributed by atoms with Crippen molar-refractivity contribution < 1.29 is 14.4 Å². The van der Waals surface area contributed by atoms with Crippen LogP contribution in [0.2, 0.25) is 0 Å². The lowest BCUT2D eigenvalue weighted by Gasteiger charge is -2.36. The second kappa shape index (κ2) is 8.32. The van der Waals surface area contributed by atoms with E-state index in [1.807, 2.05) is 72.3 Å². The number of anilines is 1.